The van der Waals surface area contributed by atoms with E-state index in [0.717, 1.165) is 11.4 Å². The van der Waals surface area contributed by atoms with Gasteiger partial charge in [0.05, 0.1) is 13.7 Å². The number of rotatable bonds is 5. The fourth-order valence-corrected chi connectivity index (χ4v) is 2.42. The van der Waals surface area contributed by atoms with Crippen LogP contribution in [-0.4, -0.2) is 19.6 Å². The SMILES string of the molecule is COc1cccc(C(C)(C)CN=C(N)Nc2ccc(C)c(C)c2)c1. The van der Waals surface area contributed by atoms with E-state index in [1.807, 2.05) is 24.3 Å². The fraction of sp³-hybridized carbons (Fsp3) is 0.350. The third-order valence-corrected chi connectivity index (χ3v) is 4.28. The Hall–Kier alpha value is -2.49. The maximum absolute atomic E-state index is 6.05. The third kappa shape index (κ3) is 4.51. The van der Waals surface area contributed by atoms with Crippen LogP contribution in [0.2, 0.25) is 0 Å². The van der Waals surface area contributed by atoms with Gasteiger partial charge in [-0.3, -0.25) is 4.99 Å². The van der Waals surface area contributed by atoms with Gasteiger partial charge < -0.3 is 15.8 Å². The largest absolute Gasteiger partial charge is 0.497 e. The van der Waals surface area contributed by atoms with Crippen LogP contribution in [0.3, 0.4) is 0 Å². The van der Waals surface area contributed by atoms with Crippen LogP contribution in [0.4, 0.5) is 5.69 Å². The summed E-state index contributed by atoms with van der Waals surface area (Å²) in [6.45, 7) is 9.06. The van der Waals surface area contributed by atoms with E-state index in [1.165, 1.54) is 16.7 Å². The molecule has 3 N–H and O–H groups in total. The number of benzene rings is 2. The van der Waals surface area contributed by atoms with Crippen molar-refractivity contribution in [2.75, 3.05) is 19.0 Å². The van der Waals surface area contributed by atoms with Crippen LogP contribution in [-0.2, 0) is 5.41 Å². The second kappa shape index (κ2) is 7.39. The number of hydrogen-bond donors (Lipinski definition) is 2. The highest BCUT2D eigenvalue weighted by molar-refractivity contribution is 5.92. The minimum atomic E-state index is -0.135. The number of nitrogens with two attached hydrogens (primary N) is 1. The number of nitrogens with zero attached hydrogens (tertiary/aromatic N) is 1. The molecule has 0 spiro atoms. The molecule has 0 amide bonds. The summed E-state index contributed by atoms with van der Waals surface area (Å²) < 4.78 is 5.30. The van der Waals surface area contributed by atoms with E-state index in [1.54, 1.807) is 7.11 Å². The molecule has 0 aromatic heterocycles. The number of methoxy groups -OCH3 is 1. The number of ether oxygens (including phenoxy) is 1. The van der Waals surface area contributed by atoms with Crippen LogP contribution < -0.4 is 15.8 Å². The summed E-state index contributed by atoms with van der Waals surface area (Å²) in [6.07, 6.45) is 0. The molecule has 0 aliphatic carbocycles. The van der Waals surface area contributed by atoms with E-state index in [4.69, 9.17) is 10.5 Å². The molecule has 0 fully saturated rings. The van der Waals surface area contributed by atoms with Crippen LogP contribution >= 0.6 is 0 Å². The number of anilines is 1. The van der Waals surface area contributed by atoms with Crippen LogP contribution in [0.5, 0.6) is 5.75 Å². The molecule has 4 nitrogen and oxygen atoms in total. The van der Waals surface area contributed by atoms with Gasteiger partial charge in [-0.15, -0.1) is 0 Å². The minimum Gasteiger partial charge on any atom is -0.497 e. The molecule has 0 atom stereocenters. The molecule has 0 saturated carbocycles. The predicted octanol–water partition coefficient (Wildman–Crippen LogP) is 4.02. The first kappa shape index (κ1) is 17.9. The number of guanidine groups is 1. The average Bonchev–Trinajstić information content (AvgIpc) is 2.56. The Morgan fingerprint density at radius 2 is 1.88 bits per heavy atom. The van der Waals surface area contributed by atoms with Crippen molar-refractivity contribution in [3.8, 4) is 5.75 Å². The average molecular weight is 325 g/mol. The van der Waals surface area contributed by atoms with Gasteiger partial charge >= 0.3 is 0 Å². The molecule has 0 bridgehead atoms. The number of aryl methyl sites for hydroxylation is 2. The Kier molecular flexibility index (Phi) is 5.50. The van der Waals surface area contributed by atoms with Gasteiger partial charge in [0, 0.05) is 11.1 Å². The molecular formula is C20H27N3O. The number of aliphatic imine (C=N–C) groups is 1. The zero-order chi connectivity index (χ0) is 17.7. The van der Waals surface area contributed by atoms with Crippen molar-refractivity contribution in [3.63, 3.8) is 0 Å². The number of nitrogens with one attached hydrogen (secondary N) is 1. The lowest BCUT2D eigenvalue weighted by Crippen LogP contribution is -2.27. The fourth-order valence-electron chi connectivity index (χ4n) is 2.42. The first-order chi connectivity index (χ1) is 11.3. The Morgan fingerprint density at radius 1 is 1.12 bits per heavy atom. The summed E-state index contributed by atoms with van der Waals surface area (Å²) in [5.41, 5.74) is 10.5. The van der Waals surface area contributed by atoms with Crippen LogP contribution in [0, 0.1) is 13.8 Å². The van der Waals surface area contributed by atoms with Gasteiger partial charge in [-0.05, 0) is 54.8 Å². The van der Waals surface area contributed by atoms with Crippen LogP contribution in [0.25, 0.3) is 0 Å². The molecule has 24 heavy (non-hydrogen) atoms. The molecular weight excluding hydrogens is 298 g/mol. The molecule has 0 unspecified atom stereocenters. The molecule has 0 heterocycles. The summed E-state index contributed by atoms with van der Waals surface area (Å²) in [5.74, 6) is 1.28. The van der Waals surface area contributed by atoms with Crippen LogP contribution in [0.1, 0.15) is 30.5 Å². The van der Waals surface area contributed by atoms with Crippen molar-refractivity contribution in [2.24, 2.45) is 10.7 Å². The molecule has 2 aromatic carbocycles. The van der Waals surface area contributed by atoms with Gasteiger partial charge in [-0.1, -0.05) is 32.0 Å². The highest BCUT2D eigenvalue weighted by atomic mass is 16.5. The van der Waals surface area contributed by atoms with Crippen molar-refractivity contribution in [1.29, 1.82) is 0 Å². The molecule has 2 aromatic rings. The first-order valence-corrected chi connectivity index (χ1v) is 8.10. The topological polar surface area (TPSA) is 59.6 Å². The highest BCUT2D eigenvalue weighted by Crippen LogP contribution is 2.26. The lowest BCUT2D eigenvalue weighted by atomic mass is 9.85. The second-order valence-corrected chi connectivity index (χ2v) is 6.74. The Morgan fingerprint density at radius 3 is 2.54 bits per heavy atom. The third-order valence-electron chi connectivity index (χ3n) is 4.28. The summed E-state index contributed by atoms with van der Waals surface area (Å²) in [7, 11) is 1.68. The molecule has 4 heteroatoms. The monoisotopic (exact) mass is 325 g/mol. The molecule has 0 saturated heterocycles. The molecule has 0 radical (unpaired) electrons. The zero-order valence-corrected chi connectivity index (χ0v) is 15.2. The van der Waals surface area contributed by atoms with E-state index >= 15 is 0 Å². The van der Waals surface area contributed by atoms with E-state index in [9.17, 15) is 0 Å². The van der Waals surface area contributed by atoms with E-state index in [-0.39, 0.29) is 5.41 Å². The van der Waals surface area contributed by atoms with E-state index < -0.39 is 0 Å². The van der Waals surface area contributed by atoms with Crippen molar-refractivity contribution in [1.82, 2.24) is 0 Å². The maximum Gasteiger partial charge on any atom is 0.193 e. The van der Waals surface area contributed by atoms with Gasteiger partial charge in [-0.25, -0.2) is 0 Å². The van der Waals surface area contributed by atoms with Crippen LogP contribution in [0.15, 0.2) is 47.5 Å². The highest BCUT2D eigenvalue weighted by Gasteiger charge is 2.20. The Labute approximate surface area is 144 Å². The Bertz CT molecular complexity index is 735. The maximum atomic E-state index is 6.05. The van der Waals surface area contributed by atoms with Crippen molar-refractivity contribution < 1.29 is 4.74 Å². The first-order valence-electron chi connectivity index (χ1n) is 8.10. The number of hydrogen-bond acceptors (Lipinski definition) is 2. The zero-order valence-electron chi connectivity index (χ0n) is 15.2. The van der Waals surface area contributed by atoms with Crippen molar-refractivity contribution in [3.05, 3.63) is 59.2 Å². The Balaban J connectivity index is 2.08. The smallest absolute Gasteiger partial charge is 0.193 e. The van der Waals surface area contributed by atoms with Gasteiger partial charge in [0.15, 0.2) is 5.96 Å². The van der Waals surface area contributed by atoms with Gasteiger partial charge in [0.25, 0.3) is 0 Å². The molecule has 0 aliphatic heterocycles. The lowest BCUT2D eigenvalue weighted by Gasteiger charge is -2.24. The summed E-state index contributed by atoms with van der Waals surface area (Å²) in [5, 5.41) is 3.16. The normalized spacial score (nSPS) is 12.1. The standard InChI is InChI=1S/C20H27N3O/c1-14-9-10-17(11-15(14)2)23-19(21)22-13-20(3,4)16-7-6-8-18(12-16)24-5/h6-12H,13H2,1-5H3,(H3,21,22,23). The summed E-state index contributed by atoms with van der Waals surface area (Å²) in [6, 6.07) is 14.2. The van der Waals surface area contributed by atoms with Gasteiger partial charge in [0.1, 0.15) is 5.75 Å². The lowest BCUT2D eigenvalue weighted by molar-refractivity contribution is 0.412. The molecule has 0 aliphatic rings. The van der Waals surface area contributed by atoms with E-state index in [0.29, 0.717) is 12.5 Å². The van der Waals surface area contributed by atoms with Crippen molar-refractivity contribution in [2.45, 2.75) is 33.1 Å². The predicted molar refractivity (Wildman–Crippen MR) is 102 cm³/mol. The molecule has 128 valence electrons. The van der Waals surface area contributed by atoms with E-state index in [2.05, 4.69) is 56.2 Å². The van der Waals surface area contributed by atoms with Crippen molar-refractivity contribution >= 4 is 11.6 Å². The minimum absolute atomic E-state index is 0.135. The summed E-state index contributed by atoms with van der Waals surface area (Å²) >= 11 is 0. The second-order valence-electron chi connectivity index (χ2n) is 6.74. The van der Waals surface area contributed by atoms with Gasteiger partial charge in [-0.2, -0.15) is 0 Å². The van der Waals surface area contributed by atoms with Gasteiger partial charge in [0.2, 0.25) is 0 Å². The molecule has 2 rings (SSSR count). The quantitative estimate of drug-likeness (QED) is 0.645. The summed E-state index contributed by atoms with van der Waals surface area (Å²) in [4.78, 5) is 4.52.